The standard InChI is InChI=1S/C18H15ClO4S/c1-23-10-16(17(20)21)15-5-3-2-4-13(15)11-24-18(22)12-6-8-14(19)9-7-12/h2-10H,11H2,1H3,(H,20,21)/b16-10+. The van der Waals surface area contributed by atoms with Gasteiger partial charge in [-0.25, -0.2) is 4.79 Å². The molecule has 0 aliphatic rings. The van der Waals surface area contributed by atoms with E-state index in [0.29, 0.717) is 21.9 Å². The number of carbonyl (C=O) groups excluding carboxylic acids is 1. The van der Waals surface area contributed by atoms with E-state index in [-0.39, 0.29) is 10.7 Å². The molecule has 0 bridgehead atoms. The minimum Gasteiger partial charge on any atom is -0.503 e. The van der Waals surface area contributed by atoms with E-state index >= 15 is 0 Å². The molecule has 0 aliphatic heterocycles. The average molecular weight is 363 g/mol. The second kappa shape index (κ2) is 8.57. The highest BCUT2D eigenvalue weighted by Gasteiger charge is 2.16. The predicted octanol–water partition coefficient (Wildman–Crippen LogP) is 4.49. The number of carboxylic acid groups (broad SMARTS) is 1. The molecular formula is C18H15ClO4S. The van der Waals surface area contributed by atoms with Gasteiger partial charge in [0.1, 0.15) is 5.57 Å². The van der Waals surface area contributed by atoms with Crippen molar-refractivity contribution in [3.8, 4) is 0 Å². The lowest BCUT2D eigenvalue weighted by Crippen LogP contribution is -2.04. The molecule has 0 aliphatic carbocycles. The summed E-state index contributed by atoms with van der Waals surface area (Å²) >= 11 is 6.92. The minimum absolute atomic E-state index is 0.0487. The molecule has 0 atom stereocenters. The normalized spacial score (nSPS) is 11.2. The summed E-state index contributed by atoms with van der Waals surface area (Å²) in [5, 5.41) is 9.79. The molecule has 6 heteroatoms. The highest BCUT2D eigenvalue weighted by Crippen LogP contribution is 2.26. The van der Waals surface area contributed by atoms with Gasteiger partial charge in [0.15, 0.2) is 0 Å². The lowest BCUT2D eigenvalue weighted by molar-refractivity contribution is -0.130. The van der Waals surface area contributed by atoms with Crippen LogP contribution in [0, 0.1) is 0 Å². The highest BCUT2D eigenvalue weighted by atomic mass is 35.5. The first-order chi connectivity index (χ1) is 11.5. The Bertz CT molecular complexity index is 769. The van der Waals surface area contributed by atoms with Crippen LogP contribution in [0.5, 0.6) is 0 Å². The smallest absolute Gasteiger partial charge is 0.339 e. The Morgan fingerprint density at radius 1 is 1.17 bits per heavy atom. The fraction of sp³-hybridized carbons (Fsp3) is 0.111. The van der Waals surface area contributed by atoms with Gasteiger partial charge in [0, 0.05) is 16.3 Å². The Balaban J connectivity index is 2.18. The fourth-order valence-electron chi connectivity index (χ4n) is 2.07. The SMILES string of the molecule is CO/C=C(/C(=O)O)c1ccccc1CSC(=O)c1ccc(Cl)cc1. The largest absolute Gasteiger partial charge is 0.503 e. The van der Waals surface area contributed by atoms with Gasteiger partial charge >= 0.3 is 5.97 Å². The number of methoxy groups -OCH3 is 1. The molecule has 0 spiro atoms. The highest BCUT2D eigenvalue weighted by molar-refractivity contribution is 8.13. The molecule has 1 N–H and O–H groups in total. The summed E-state index contributed by atoms with van der Waals surface area (Å²) in [7, 11) is 1.39. The van der Waals surface area contributed by atoms with E-state index in [9.17, 15) is 14.7 Å². The zero-order valence-electron chi connectivity index (χ0n) is 12.9. The molecule has 0 saturated carbocycles. The summed E-state index contributed by atoms with van der Waals surface area (Å²) in [6, 6.07) is 13.7. The maximum atomic E-state index is 12.2. The minimum atomic E-state index is -1.08. The summed E-state index contributed by atoms with van der Waals surface area (Å²) < 4.78 is 4.85. The molecular weight excluding hydrogens is 348 g/mol. The van der Waals surface area contributed by atoms with Gasteiger partial charge in [-0.1, -0.05) is 47.6 Å². The second-order valence-corrected chi connectivity index (χ2v) is 6.20. The van der Waals surface area contributed by atoms with E-state index < -0.39 is 5.97 Å². The van der Waals surface area contributed by atoms with Crippen LogP contribution >= 0.6 is 23.4 Å². The maximum absolute atomic E-state index is 12.2. The first kappa shape index (κ1) is 18.1. The quantitative estimate of drug-likeness (QED) is 0.606. The predicted molar refractivity (Wildman–Crippen MR) is 96.1 cm³/mol. The number of hydrogen-bond acceptors (Lipinski definition) is 4. The third-order valence-electron chi connectivity index (χ3n) is 3.21. The second-order valence-electron chi connectivity index (χ2n) is 4.81. The van der Waals surface area contributed by atoms with Crippen molar-refractivity contribution < 1.29 is 19.4 Å². The zero-order chi connectivity index (χ0) is 17.5. The molecule has 0 unspecified atom stereocenters. The molecule has 2 rings (SSSR count). The lowest BCUT2D eigenvalue weighted by atomic mass is 10.0. The molecule has 0 aromatic heterocycles. The van der Waals surface area contributed by atoms with E-state index in [1.54, 1.807) is 48.5 Å². The summed E-state index contributed by atoms with van der Waals surface area (Å²) in [5.74, 6) is -0.732. The Hall–Kier alpha value is -2.24. The first-order valence-electron chi connectivity index (χ1n) is 7.00. The van der Waals surface area contributed by atoms with Crippen LogP contribution in [-0.2, 0) is 15.3 Å². The van der Waals surface area contributed by atoms with Gasteiger partial charge in [-0.05, 0) is 35.4 Å². The molecule has 0 fully saturated rings. The van der Waals surface area contributed by atoms with Crippen molar-refractivity contribution in [1.82, 2.24) is 0 Å². The van der Waals surface area contributed by atoms with Crippen LogP contribution in [-0.4, -0.2) is 23.3 Å². The number of benzene rings is 2. The van der Waals surface area contributed by atoms with Gasteiger partial charge in [0.2, 0.25) is 5.12 Å². The first-order valence-corrected chi connectivity index (χ1v) is 8.36. The number of aliphatic carboxylic acids is 1. The van der Waals surface area contributed by atoms with E-state index in [2.05, 4.69) is 0 Å². The molecule has 4 nitrogen and oxygen atoms in total. The van der Waals surface area contributed by atoms with Crippen molar-refractivity contribution in [2.24, 2.45) is 0 Å². The number of carboxylic acids is 1. The Morgan fingerprint density at radius 3 is 2.46 bits per heavy atom. The van der Waals surface area contributed by atoms with Crippen LogP contribution in [0.15, 0.2) is 54.8 Å². The van der Waals surface area contributed by atoms with Crippen LogP contribution in [0.4, 0.5) is 0 Å². The van der Waals surface area contributed by atoms with E-state index in [1.807, 2.05) is 0 Å². The van der Waals surface area contributed by atoms with Crippen LogP contribution in [0.2, 0.25) is 5.02 Å². The van der Waals surface area contributed by atoms with Crippen LogP contribution in [0.3, 0.4) is 0 Å². The number of halogens is 1. The van der Waals surface area contributed by atoms with Crippen molar-refractivity contribution in [3.63, 3.8) is 0 Å². The lowest BCUT2D eigenvalue weighted by Gasteiger charge is -2.09. The van der Waals surface area contributed by atoms with Crippen LogP contribution < -0.4 is 0 Å². The number of hydrogen-bond donors (Lipinski definition) is 1. The fourth-order valence-corrected chi connectivity index (χ4v) is 3.04. The van der Waals surface area contributed by atoms with Crippen molar-refractivity contribution in [1.29, 1.82) is 0 Å². The maximum Gasteiger partial charge on any atom is 0.339 e. The van der Waals surface area contributed by atoms with Crippen molar-refractivity contribution in [3.05, 3.63) is 76.5 Å². The summed E-state index contributed by atoms with van der Waals surface area (Å²) in [4.78, 5) is 23.6. The van der Waals surface area contributed by atoms with Crippen LogP contribution in [0.25, 0.3) is 5.57 Å². The summed E-state index contributed by atoms with van der Waals surface area (Å²) in [6.07, 6.45) is 1.19. The molecule has 24 heavy (non-hydrogen) atoms. The van der Waals surface area contributed by atoms with Crippen molar-refractivity contribution >= 4 is 40.0 Å². The topological polar surface area (TPSA) is 63.6 Å². The van der Waals surface area contributed by atoms with Gasteiger partial charge in [0.25, 0.3) is 0 Å². The van der Waals surface area contributed by atoms with E-state index in [0.717, 1.165) is 17.3 Å². The van der Waals surface area contributed by atoms with Gasteiger partial charge in [-0.3, -0.25) is 4.79 Å². The monoisotopic (exact) mass is 362 g/mol. The van der Waals surface area contributed by atoms with Gasteiger partial charge in [-0.15, -0.1) is 0 Å². The van der Waals surface area contributed by atoms with Crippen molar-refractivity contribution in [2.75, 3.05) is 7.11 Å². The van der Waals surface area contributed by atoms with Crippen LogP contribution in [0.1, 0.15) is 21.5 Å². The molecule has 2 aromatic rings. The molecule has 124 valence electrons. The number of thioether (sulfide) groups is 1. The Kier molecular flexibility index (Phi) is 6.46. The van der Waals surface area contributed by atoms with Gasteiger partial charge < -0.3 is 9.84 Å². The molecule has 0 heterocycles. The van der Waals surface area contributed by atoms with Gasteiger partial charge in [0.05, 0.1) is 13.4 Å². The number of ether oxygens (including phenoxy) is 1. The molecule has 0 amide bonds. The average Bonchev–Trinajstić information content (AvgIpc) is 2.58. The molecule has 0 radical (unpaired) electrons. The van der Waals surface area contributed by atoms with E-state index in [1.165, 1.54) is 13.4 Å². The summed E-state index contributed by atoms with van der Waals surface area (Å²) in [6.45, 7) is 0. The third-order valence-corrected chi connectivity index (χ3v) is 4.42. The molecule has 0 saturated heterocycles. The Morgan fingerprint density at radius 2 is 1.83 bits per heavy atom. The number of carbonyl (C=O) groups is 2. The third kappa shape index (κ3) is 4.63. The van der Waals surface area contributed by atoms with Crippen molar-refractivity contribution in [2.45, 2.75) is 5.75 Å². The Labute approximate surface area is 149 Å². The zero-order valence-corrected chi connectivity index (χ0v) is 14.4. The molecule has 2 aromatic carbocycles. The van der Waals surface area contributed by atoms with Gasteiger partial charge in [-0.2, -0.15) is 0 Å². The summed E-state index contributed by atoms with van der Waals surface area (Å²) in [5.41, 5.74) is 1.87. The number of rotatable bonds is 6. The van der Waals surface area contributed by atoms with E-state index in [4.69, 9.17) is 16.3 Å².